The highest BCUT2D eigenvalue weighted by Gasteiger charge is 2.20. The summed E-state index contributed by atoms with van der Waals surface area (Å²) < 4.78 is 23.9. The number of carboxylic acids is 1. The number of fused-ring (bicyclic) bond motifs is 1. The summed E-state index contributed by atoms with van der Waals surface area (Å²) in [7, 11) is -3.31. The number of sulfone groups is 1. The van der Waals surface area contributed by atoms with Crippen LogP contribution in [-0.4, -0.2) is 35.1 Å². The molecule has 0 unspecified atom stereocenters. The number of nitrogens with two attached hydrogens (primary N) is 1. The zero-order valence-electron chi connectivity index (χ0n) is 9.49. The van der Waals surface area contributed by atoms with Crippen LogP contribution in [0.2, 0.25) is 0 Å². The molecule has 96 valence electrons. The maximum atomic E-state index is 11.3. The largest absolute Gasteiger partial charge is 0.476 e. The first-order chi connectivity index (χ1) is 8.29. The predicted molar refractivity (Wildman–Crippen MR) is 65.1 cm³/mol. The molecule has 0 bridgehead atoms. The molecule has 18 heavy (non-hydrogen) atoms. The van der Waals surface area contributed by atoms with Crippen LogP contribution in [0.15, 0.2) is 18.3 Å². The molecule has 0 aromatic carbocycles. The van der Waals surface area contributed by atoms with Gasteiger partial charge in [-0.25, -0.2) is 18.2 Å². The van der Waals surface area contributed by atoms with E-state index in [2.05, 4.69) is 4.98 Å². The summed E-state index contributed by atoms with van der Waals surface area (Å²) in [6, 6.07) is 3.13. The third kappa shape index (κ3) is 2.14. The number of carbonyl (C=O) groups is 1. The van der Waals surface area contributed by atoms with Crippen molar-refractivity contribution in [3.63, 3.8) is 0 Å². The Morgan fingerprint density at radius 3 is 2.78 bits per heavy atom. The van der Waals surface area contributed by atoms with Gasteiger partial charge in [0.25, 0.3) is 0 Å². The van der Waals surface area contributed by atoms with E-state index >= 15 is 0 Å². The summed E-state index contributed by atoms with van der Waals surface area (Å²) in [6.45, 7) is 0. The zero-order valence-corrected chi connectivity index (χ0v) is 10.3. The van der Waals surface area contributed by atoms with Gasteiger partial charge in [0, 0.05) is 12.5 Å². The first-order valence-electron chi connectivity index (χ1n) is 4.96. The molecule has 0 amide bonds. The molecule has 0 aliphatic rings. The summed E-state index contributed by atoms with van der Waals surface area (Å²) in [5, 5.41) is 9.04. The molecule has 0 aliphatic carbocycles. The smallest absolute Gasteiger partial charge is 0.356 e. The van der Waals surface area contributed by atoms with Crippen molar-refractivity contribution in [2.75, 3.05) is 12.0 Å². The minimum Gasteiger partial charge on any atom is -0.476 e. The van der Waals surface area contributed by atoms with Crippen molar-refractivity contribution in [2.45, 2.75) is 5.75 Å². The van der Waals surface area contributed by atoms with Gasteiger partial charge in [0.05, 0.1) is 5.69 Å². The van der Waals surface area contributed by atoms with E-state index in [1.165, 1.54) is 16.7 Å². The highest BCUT2D eigenvalue weighted by molar-refractivity contribution is 7.89. The van der Waals surface area contributed by atoms with E-state index in [0.29, 0.717) is 0 Å². The zero-order chi connectivity index (χ0) is 13.5. The Labute approximate surface area is 103 Å². The number of anilines is 1. The minimum atomic E-state index is -3.31. The third-order valence-corrected chi connectivity index (χ3v) is 3.14. The standard InChI is InChI=1S/C10H11N3O4S/c1-18(16,17)5-7-12-8(10(14)15)9-6(11)3-2-4-13(7)9/h2-4H,5,11H2,1H3,(H,14,15). The molecule has 0 radical (unpaired) electrons. The number of aromatic carboxylic acids is 1. The number of imidazole rings is 1. The molecule has 3 N–H and O–H groups in total. The van der Waals surface area contributed by atoms with Crippen molar-refractivity contribution < 1.29 is 18.3 Å². The van der Waals surface area contributed by atoms with Gasteiger partial charge < -0.3 is 15.2 Å². The molecule has 8 heteroatoms. The topological polar surface area (TPSA) is 115 Å². The molecule has 0 fully saturated rings. The van der Waals surface area contributed by atoms with E-state index in [-0.39, 0.29) is 28.5 Å². The maximum Gasteiger partial charge on any atom is 0.356 e. The molecule has 2 heterocycles. The van der Waals surface area contributed by atoms with Crippen LogP contribution < -0.4 is 5.73 Å². The highest BCUT2D eigenvalue weighted by Crippen LogP contribution is 2.20. The van der Waals surface area contributed by atoms with Gasteiger partial charge in [-0.2, -0.15) is 0 Å². The Morgan fingerprint density at radius 1 is 1.56 bits per heavy atom. The van der Waals surface area contributed by atoms with E-state index in [1.807, 2.05) is 0 Å². The summed E-state index contributed by atoms with van der Waals surface area (Å²) >= 11 is 0. The van der Waals surface area contributed by atoms with Crippen LogP contribution in [0, 0.1) is 0 Å². The van der Waals surface area contributed by atoms with E-state index in [0.717, 1.165) is 6.26 Å². The average molecular weight is 269 g/mol. The quantitative estimate of drug-likeness (QED) is 0.820. The van der Waals surface area contributed by atoms with Crippen LogP contribution in [0.3, 0.4) is 0 Å². The molecular formula is C10H11N3O4S. The first-order valence-corrected chi connectivity index (χ1v) is 7.02. The Balaban J connectivity index is 2.77. The third-order valence-electron chi connectivity index (χ3n) is 2.36. The van der Waals surface area contributed by atoms with Crippen molar-refractivity contribution in [2.24, 2.45) is 0 Å². The van der Waals surface area contributed by atoms with Crippen molar-refractivity contribution in [1.29, 1.82) is 0 Å². The summed E-state index contributed by atoms with van der Waals surface area (Å²) in [5.41, 5.74) is 5.90. The van der Waals surface area contributed by atoms with Gasteiger partial charge in [-0.3, -0.25) is 0 Å². The Kier molecular flexibility index (Phi) is 2.74. The number of hydrogen-bond donors (Lipinski definition) is 2. The van der Waals surface area contributed by atoms with Crippen LogP contribution >= 0.6 is 0 Å². The van der Waals surface area contributed by atoms with Gasteiger partial charge in [-0.1, -0.05) is 0 Å². The minimum absolute atomic E-state index is 0.136. The molecule has 2 rings (SSSR count). The van der Waals surface area contributed by atoms with E-state index in [1.54, 1.807) is 6.07 Å². The number of nitrogen functional groups attached to an aromatic ring is 1. The van der Waals surface area contributed by atoms with E-state index in [9.17, 15) is 13.2 Å². The molecule has 2 aromatic rings. The molecule has 0 spiro atoms. The predicted octanol–water partition coefficient (Wildman–Crippen LogP) is 0.159. The van der Waals surface area contributed by atoms with Gasteiger partial charge >= 0.3 is 5.97 Å². The molecule has 0 aliphatic heterocycles. The monoisotopic (exact) mass is 269 g/mol. The van der Waals surface area contributed by atoms with Gasteiger partial charge in [0.1, 0.15) is 17.1 Å². The second-order valence-corrected chi connectivity index (χ2v) is 6.07. The van der Waals surface area contributed by atoms with Crippen LogP contribution in [-0.2, 0) is 15.6 Å². The molecule has 7 nitrogen and oxygen atoms in total. The molecule has 0 saturated heterocycles. The lowest BCUT2D eigenvalue weighted by molar-refractivity contribution is 0.0693. The van der Waals surface area contributed by atoms with Crippen molar-refractivity contribution in [3.05, 3.63) is 29.8 Å². The van der Waals surface area contributed by atoms with Crippen molar-refractivity contribution in [3.8, 4) is 0 Å². The number of aromatic nitrogens is 2. The summed E-state index contributed by atoms with van der Waals surface area (Å²) in [5.74, 6) is -1.45. The maximum absolute atomic E-state index is 11.3. The fourth-order valence-electron chi connectivity index (χ4n) is 1.71. The number of nitrogens with zero attached hydrogens (tertiary/aromatic N) is 2. The number of hydrogen-bond acceptors (Lipinski definition) is 5. The van der Waals surface area contributed by atoms with E-state index < -0.39 is 15.8 Å². The Morgan fingerprint density at radius 2 is 2.22 bits per heavy atom. The normalized spacial score (nSPS) is 11.8. The van der Waals surface area contributed by atoms with Gasteiger partial charge in [-0.15, -0.1) is 0 Å². The lowest BCUT2D eigenvalue weighted by Crippen LogP contribution is -2.05. The Hall–Kier alpha value is -2.09. The van der Waals surface area contributed by atoms with Crippen LogP contribution in [0.4, 0.5) is 5.69 Å². The SMILES string of the molecule is CS(=O)(=O)Cc1nc(C(=O)O)c2c(N)cccn12. The van der Waals surface area contributed by atoms with E-state index in [4.69, 9.17) is 10.8 Å². The lowest BCUT2D eigenvalue weighted by atomic mass is 10.3. The fraction of sp³-hybridized carbons (Fsp3) is 0.200. The average Bonchev–Trinajstić information content (AvgIpc) is 2.56. The van der Waals surface area contributed by atoms with Crippen LogP contribution in [0.25, 0.3) is 5.52 Å². The summed E-state index contributed by atoms with van der Waals surface area (Å²) in [4.78, 5) is 14.9. The van der Waals surface area contributed by atoms with Gasteiger partial charge in [0.15, 0.2) is 15.5 Å². The van der Waals surface area contributed by atoms with Crippen molar-refractivity contribution >= 4 is 27.0 Å². The number of carboxylic acid groups (broad SMARTS) is 1. The highest BCUT2D eigenvalue weighted by atomic mass is 32.2. The fourth-order valence-corrected chi connectivity index (χ4v) is 2.39. The lowest BCUT2D eigenvalue weighted by Gasteiger charge is -2.01. The molecular weight excluding hydrogens is 258 g/mol. The Bertz CT molecular complexity index is 733. The molecule has 0 atom stereocenters. The van der Waals surface area contributed by atoms with Crippen LogP contribution in [0.1, 0.15) is 16.3 Å². The van der Waals surface area contributed by atoms with Crippen LogP contribution in [0.5, 0.6) is 0 Å². The molecule has 0 saturated carbocycles. The second kappa shape index (κ2) is 3.98. The van der Waals surface area contributed by atoms with Crippen molar-refractivity contribution in [1.82, 2.24) is 9.38 Å². The first kappa shape index (κ1) is 12.4. The molecule has 2 aromatic heterocycles. The number of rotatable bonds is 3. The van der Waals surface area contributed by atoms with Gasteiger partial charge in [0.2, 0.25) is 0 Å². The van der Waals surface area contributed by atoms with Gasteiger partial charge in [-0.05, 0) is 12.1 Å². The summed E-state index contributed by atoms with van der Waals surface area (Å²) in [6.07, 6.45) is 2.59. The second-order valence-electron chi connectivity index (χ2n) is 3.93. The number of pyridine rings is 1.